The largest absolute Gasteiger partial charge is 0.394 e. The van der Waals surface area contributed by atoms with Gasteiger partial charge in [-0.3, -0.25) is 4.79 Å². The molecule has 0 aliphatic carbocycles. The fraction of sp³-hybridized carbons (Fsp3) is 0.696. The van der Waals surface area contributed by atoms with E-state index in [1.807, 2.05) is 18.2 Å². The van der Waals surface area contributed by atoms with Gasteiger partial charge in [0.1, 0.15) is 73.2 Å². The molecule has 0 aromatic carbocycles. The summed E-state index contributed by atoms with van der Waals surface area (Å²) in [7, 11) is 0. The number of nitrogens with one attached hydrogen (secondary N) is 1. The number of carbonyl (C=O) groups excluding carboxylic acids is 1. The highest BCUT2D eigenvalue weighted by molar-refractivity contribution is 5.77. The molecule has 19 nitrogen and oxygen atoms in total. The van der Waals surface area contributed by atoms with Crippen molar-refractivity contribution in [3.05, 3.63) is 97.2 Å². The second kappa shape index (κ2) is 39.1. The molecule has 3 aliphatic rings. The van der Waals surface area contributed by atoms with Gasteiger partial charge in [-0.05, 0) is 70.6 Å². The van der Waals surface area contributed by atoms with Crippen LogP contribution in [-0.2, 0) is 33.2 Å². The summed E-state index contributed by atoms with van der Waals surface area (Å²) in [4.78, 5) is 13.2. The zero-order valence-electron chi connectivity index (χ0n) is 44.0. The van der Waals surface area contributed by atoms with Gasteiger partial charge in [0.25, 0.3) is 0 Å². The van der Waals surface area contributed by atoms with Crippen LogP contribution in [0.25, 0.3) is 0 Å². The van der Waals surface area contributed by atoms with Crippen molar-refractivity contribution in [2.45, 2.75) is 221 Å². The first-order valence-electron chi connectivity index (χ1n) is 27.0. The monoisotopic (exact) mass is 1070 g/mol. The Hall–Kier alpha value is -3.29. The molecule has 0 bridgehead atoms. The SMILES string of the molecule is CC/C=C\C/C=C\C/C=C\C/C=C\C/C=C\CC(=O)NC(COC1OC(CO)C(OC2OC(CO)C(OC3OC(CO)C(O)C(O)C3O)C(O)C2O)C(O)C1O)C(O)/C=C/CC/C=C/CC/C=C/CCCCCCC. The second-order valence-electron chi connectivity index (χ2n) is 19.0. The Morgan fingerprint density at radius 3 is 1.45 bits per heavy atom. The summed E-state index contributed by atoms with van der Waals surface area (Å²) in [5.41, 5.74) is 0. The Labute approximate surface area is 443 Å². The van der Waals surface area contributed by atoms with Crippen molar-refractivity contribution in [2.75, 3.05) is 26.4 Å². The molecule has 17 atom stereocenters. The predicted octanol–water partition coefficient (Wildman–Crippen LogP) is 3.03. The number of allylic oxidation sites excluding steroid dienone is 14. The average Bonchev–Trinajstić information content (AvgIpc) is 3.41. The van der Waals surface area contributed by atoms with Gasteiger partial charge in [-0.1, -0.05) is 137 Å². The molecular formula is C56H91NO18. The van der Waals surface area contributed by atoms with E-state index < -0.39 is 137 Å². The van der Waals surface area contributed by atoms with Crippen LogP contribution in [0.4, 0.5) is 0 Å². The van der Waals surface area contributed by atoms with Crippen molar-refractivity contribution in [3.8, 4) is 0 Å². The molecule has 3 aliphatic heterocycles. The van der Waals surface area contributed by atoms with E-state index in [1.54, 1.807) is 12.2 Å². The van der Waals surface area contributed by atoms with Crippen LogP contribution in [0.15, 0.2) is 97.2 Å². The van der Waals surface area contributed by atoms with Gasteiger partial charge in [-0.25, -0.2) is 0 Å². The standard InChI is InChI=1S/C56H91NO18/c1-3-5-7-9-11-13-15-17-19-21-23-25-27-29-31-33-40(61)39(57-44(62)34-32-30-28-26-24-22-20-18-16-14-12-10-8-6-4-2)38-70-54-50(68)47(65)52(42(36-59)72-54)75-56-51(69)48(66)53(43(37-60)73-56)74-55-49(67)46(64)45(63)41(35-58)71-55/h6,8,12,14-15,17-18,20,23-26,30-33,39-43,45-56,58-61,63-69H,3-5,7,9-11,13,16,19,21-22,27-29,34-38H2,1-2H3,(H,57,62)/b8-6-,14-12-,17-15+,20-18-,25-23+,26-24-,32-30-,33-31+. The zero-order chi connectivity index (χ0) is 54.8. The quantitative estimate of drug-likeness (QED) is 0.0317. The minimum atomic E-state index is -1.99. The fourth-order valence-corrected chi connectivity index (χ4v) is 8.40. The van der Waals surface area contributed by atoms with E-state index in [2.05, 4.69) is 79.9 Å². The topological polar surface area (TPSA) is 307 Å². The Morgan fingerprint density at radius 2 is 0.933 bits per heavy atom. The van der Waals surface area contributed by atoms with Crippen LogP contribution in [0, 0.1) is 0 Å². The molecule has 0 spiro atoms. The van der Waals surface area contributed by atoms with Gasteiger partial charge < -0.3 is 89.9 Å². The van der Waals surface area contributed by atoms with E-state index in [0.29, 0.717) is 12.8 Å². The first-order valence-corrected chi connectivity index (χ1v) is 27.0. The highest BCUT2D eigenvalue weighted by Crippen LogP contribution is 2.33. The predicted molar refractivity (Wildman–Crippen MR) is 281 cm³/mol. The number of aliphatic hydroxyl groups excluding tert-OH is 11. The lowest BCUT2D eigenvalue weighted by Gasteiger charge is -2.48. The molecule has 12 N–H and O–H groups in total. The molecule has 75 heavy (non-hydrogen) atoms. The number of carbonyl (C=O) groups is 1. The number of unbranched alkanes of at least 4 members (excludes halogenated alkanes) is 7. The molecule has 0 aromatic heterocycles. The lowest BCUT2D eigenvalue weighted by molar-refractivity contribution is -0.379. The number of hydrogen-bond donors (Lipinski definition) is 12. The molecule has 17 unspecified atom stereocenters. The second-order valence-corrected chi connectivity index (χ2v) is 19.0. The molecule has 3 rings (SSSR count). The van der Waals surface area contributed by atoms with Crippen LogP contribution in [0.2, 0.25) is 0 Å². The third kappa shape index (κ3) is 24.1. The molecule has 0 saturated carbocycles. The van der Waals surface area contributed by atoms with Gasteiger partial charge in [-0.2, -0.15) is 0 Å². The average molecular weight is 1070 g/mol. The molecule has 428 valence electrons. The van der Waals surface area contributed by atoms with E-state index in [1.165, 1.54) is 38.2 Å². The van der Waals surface area contributed by atoms with E-state index in [-0.39, 0.29) is 6.42 Å². The van der Waals surface area contributed by atoms with Crippen molar-refractivity contribution >= 4 is 5.91 Å². The van der Waals surface area contributed by atoms with Crippen LogP contribution >= 0.6 is 0 Å². The molecular weight excluding hydrogens is 975 g/mol. The third-order valence-corrected chi connectivity index (χ3v) is 12.9. The van der Waals surface area contributed by atoms with E-state index in [0.717, 1.165) is 51.4 Å². The summed E-state index contributed by atoms with van der Waals surface area (Å²) in [6, 6.07) is -1.05. The summed E-state index contributed by atoms with van der Waals surface area (Å²) >= 11 is 0. The number of rotatable bonds is 36. The van der Waals surface area contributed by atoms with Crippen LogP contribution < -0.4 is 5.32 Å². The van der Waals surface area contributed by atoms with Gasteiger partial charge in [0.2, 0.25) is 5.91 Å². The number of aliphatic hydroxyl groups is 11. The van der Waals surface area contributed by atoms with Crippen molar-refractivity contribution < 1.29 is 89.4 Å². The minimum Gasteiger partial charge on any atom is -0.394 e. The van der Waals surface area contributed by atoms with Gasteiger partial charge in [0.05, 0.1) is 38.6 Å². The van der Waals surface area contributed by atoms with Crippen molar-refractivity contribution in [3.63, 3.8) is 0 Å². The van der Waals surface area contributed by atoms with Crippen molar-refractivity contribution in [2.24, 2.45) is 0 Å². The van der Waals surface area contributed by atoms with E-state index in [9.17, 15) is 61.0 Å². The van der Waals surface area contributed by atoms with Crippen LogP contribution in [0.3, 0.4) is 0 Å². The minimum absolute atomic E-state index is 0.00613. The lowest BCUT2D eigenvalue weighted by Crippen LogP contribution is -2.66. The van der Waals surface area contributed by atoms with E-state index in [4.69, 9.17) is 28.4 Å². The molecule has 3 fully saturated rings. The normalized spacial score (nSPS) is 32.0. The first kappa shape index (κ1) is 66.0. The highest BCUT2D eigenvalue weighted by Gasteiger charge is 2.53. The number of hydrogen-bond acceptors (Lipinski definition) is 18. The maximum atomic E-state index is 13.2. The third-order valence-electron chi connectivity index (χ3n) is 12.9. The Balaban J connectivity index is 1.60. The summed E-state index contributed by atoms with van der Waals surface area (Å²) in [6.07, 6.45) is 20.0. The zero-order valence-corrected chi connectivity index (χ0v) is 44.0. The molecule has 19 heteroatoms. The highest BCUT2D eigenvalue weighted by atomic mass is 16.8. The Kier molecular flexibility index (Phi) is 34.4. The lowest BCUT2D eigenvalue weighted by atomic mass is 9.96. The Bertz CT molecular complexity index is 1750. The smallest absolute Gasteiger partial charge is 0.224 e. The van der Waals surface area contributed by atoms with Gasteiger partial charge in [-0.15, -0.1) is 0 Å². The summed E-state index contributed by atoms with van der Waals surface area (Å²) in [5.74, 6) is -0.423. The number of amides is 1. The molecule has 1 amide bonds. The van der Waals surface area contributed by atoms with Gasteiger partial charge in [0, 0.05) is 6.42 Å². The maximum Gasteiger partial charge on any atom is 0.224 e. The molecule has 0 aromatic rings. The van der Waals surface area contributed by atoms with Gasteiger partial charge in [0.15, 0.2) is 18.9 Å². The molecule has 0 radical (unpaired) electrons. The first-order chi connectivity index (χ1) is 36.3. The van der Waals surface area contributed by atoms with Crippen molar-refractivity contribution in [1.29, 1.82) is 0 Å². The van der Waals surface area contributed by atoms with Crippen LogP contribution in [-0.4, -0.2) is 193 Å². The van der Waals surface area contributed by atoms with Crippen LogP contribution in [0.5, 0.6) is 0 Å². The summed E-state index contributed by atoms with van der Waals surface area (Å²) in [6.45, 7) is 1.44. The summed E-state index contributed by atoms with van der Waals surface area (Å²) < 4.78 is 34.0. The Morgan fingerprint density at radius 1 is 0.493 bits per heavy atom. The fourth-order valence-electron chi connectivity index (χ4n) is 8.40. The molecule has 3 saturated heterocycles. The summed E-state index contributed by atoms with van der Waals surface area (Å²) in [5, 5.41) is 120. The molecule has 3 heterocycles. The maximum absolute atomic E-state index is 13.2. The van der Waals surface area contributed by atoms with Crippen molar-refractivity contribution in [1.82, 2.24) is 5.32 Å². The van der Waals surface area contributed by atoms with Crippen LogP contribution in [0.1, 0.15) is 117 Å². The van der Waals surface area contributed by atoms with Gasteiger partial charge >= 0.3 is 0 Å². The number of ether oxygens (including phenoxy) is 6. The van der Waals surface area contributed by atoms with E-state index >= 15 is 0 Å².